The highest BCUT2D eigenvalue weighted by molar-refractivity contribution is 5.15. The van der Waals surface area contributed by atoms with E-state index in [0.29, 0.717) is 0 Å². The van der Waals surface area contributed by atoms with Gasteiger partial charge in [-0.25, -0.2) is 0 Å². The van der Waals surface area contributed by atoms with Gasteiger partial charge in [-0.2, -0.15) is 0 Å². The molecular weight excluding hydrogens is 168 g/mol. The van der Waals surface area contributed by atoms with Gasteiger partial charge in [0.25, 0.3) is 0 Å². The van der Waals surface area contributed by atoms with Gasteiger partial charge in [-0.1, -0.05) is 56.5 Å². The van der Waals surface area contributed by atoms with Crippen molar-refractivity contribution in [1.29, 1.82) is 0 Å². The number of hydrogen-bond donors (Lipinski definition) is 0. The SMILES string of the molecule is C[C@@H]1CCC[C@H](Cc2ccccc2)C1. The average Bonchev–Trinajstić information content (AvgIpc) is 2.19. The normalized spacial score (nSPS) is 27.5. The lowest BCUT2D eigenvalue weighted by molar-refractivity contribution is 0.281. The lowest BCUT2D eigenvalue weighted by Gasteiger charge is -2.26. The van der Waals surface area contributed by atoms with Gasteiger partial charge < -0.3 is 0 Å². The van der Waals surface area contributed by atoms with Gasteiger partial charge in [0.1, 0.15) is 0 Å². The summed E-state index contributed by atoms with van der Waals surface area (Å²) in [4.78, 5) is 0. The molecule has 2 atom stereocenters. The lowest BCUT2D eigenvalue weighted by Crippen LogP contribution is -2.15. The molecule has 0 spiro atoms. The zero-order chi connectivity index (χ0) is 9.80. The van der Waals surface area contributed by atoms with Gasteiger partial charge in [0.2, 0.25) is 0 Å². The summed E-state index contributed by atoms with van der Waals surface area (Å²) in [5, 5.41) is 0. The molecule has 1 fully saturated rings. The summed E-state index contributed by atoms with van der Waals surface area (Å²) in [6, 6.07) is 10.9. The molecule has 2 rings (SSSR count). The lowest BCUT2D eigenvalue weighted by atomic mass is 9.79. The predicted octanol–water partition coefficient (Wildman–Crippen LogP) is 4.06. The largest absolute Gasteiger partial charge is 0.0625 e. The molecule has 76 valence electrons. The Kier molecular flexibility index (Phi) is 3.23. The minimum absolute atomic E-state index is 0.946. The molecule has 0 nitrogen and oxygen atoms in total. The fourth-order valence-corrected chi connectivity index (χ4v) is 2.69. The fourth-order valence-electron chi connectivity index (χ4n) is 2.69. The van der Waals surface area contributed by atoms with Crippen LogP contribution in [0.5, 0.6) is 0 Å². The Balaban J connectivity index is 1.91. The van der Waals surface area contributed by atoms with Crippen molar-refractivity contribution in [2.24, 2.45) is 11.8 Å². The average molecular weight is 188 g/mol. The van der Waals surface area contributed by atoms with Gasteiger partial charge >= 0.3 is 0 Å². The summed E-state index contributed by atoms with van der Waals surface area (Å²) >= 11 is 0. The molecule has 0 N–H and O–H groups in total. The van der Waals surface area contributed by atoms with Crippen molar-refractivity contribution in [3.8, 4) is 0 Å². The van der Waals surface area contributed by atoms with E-state index in [1.54, 1.807) is 0 Å². The minimum atomic E-state index is 0.946. The second-order valence-corrected chi connectivity index (χ2v) is 4.83. The van der Waals surface area contributed by atoms with Crippen molar-refractivity contribution >= 4 is 0 Å². The van der Waals surface area contributed by atoms with E-state index in [4.69, 9.17) is 0 Å². The standard InChI is InChI=1S/C14H20/c1-12-6-5-9-14(10-12)11-13-7-3-2-4-8-13/h2-4,7-8,12,14H,5-6,9-11H2,1H3/t12-,14+/m1/s1. The zero-order valence-electron chi connectivity index (χ0n) is 9.08. The topological polar surface area (TPSA) is 0 Å². The summed E-state index contributed by atoms with van der Waals surface area (Å²) < 4.78 is 0. The van der Waals surface area contributed by atoms with Gasteiger partial charge in [-0.3, -0.25) is 0 Å². The second-order valence-electron chi connectivity index (χ2n) is 4.83. The highest BCUT2D eigenvalue weighted by atomic mass is 14.2. The predicted molar refractivity (Wildman–Crippen MR) is 61.3 cm³/mol. The molecule has 0 amide bonds. The first kappa shape index (κ1) is 9.76. The van der Waals surface area contributed by atoms with Crippen LogP contribution in [0, 0.1) is 11.8 Å². The van der Waals surface area contributed by atoms with Gasteiger partial charge in [-0.05, 0) is 30.2 Å². The van der Waals surface area contributed by atoms with Crippen molar-refractivity contribution in [3.63, 3.8) is 0 Å². The summed E-state index contributed by atoms with van der Waals surface area (Å²) in [6.07, 6.45) is 7.07. The Labute approximate surface area is 87.3 Å². The van der Waals surface area contributed by atoms with E-state index in [2.05, 4.69) is 37.3 Å². The molecular formula is C14H20. The molecule has 1 aliphatic rings. The maximum Gasteiger partial charge on any atom is -0.0250 e. The van der Waals surface area contributed by atoms with Crippen LogP contribution in [0.15, 0.2) is 30.3 Å². The van der Waals surface area contributed by atoms with Crippen LogP contribution in [0.2, 0.25) is 0 Å². The van der Waals surface area contributed by atoms with Crippen LogP contribution in [0.3, 0.4) is 0 Å². The van der Waals surface area contributed by atoms with E-state index < -0.39 is 0 Å². The Bertz CT molecular complexity index is 263. The molecule has 1 aromatic rings. The van der Waals surface area contributed by atoms with E-state index in [1.807, 2.05) is 0 Å². The van der Waals surface area contributed by atoms with Crippen LogP contribution in [0.25, 0.3) is 0 Å². The molecule has 1 saturated carbocycles. The third kappa shape index (κ3) is 2.60. The number of rotatable bonds is 2. The Hall–Kier alpha value is -0.780. The van der Waals surface area contributed by atoms with E-state index in [9.17, 15) is 0 Å². The monoisotopic (exact) mass is 188 g/mol. The number of hydrogen-bond acceptors (Lipinski definition) is 0. The summed E-state index contributed by atoms with van der Waals surface area (Å²) in [5.41, 5.74) is 1.52. The second kappa shape index (κ2) is 4.63. The minimum Gasteiger partial charge on any atom is -0.0625 e. The third-order valence-electron chi connectivity index (χ3n) is 3.41. The maximum absolute atomic E-state index is 2.40. The zero-order valence-corrected chi connectivity index (χ0v) is 9.08. The Morgan fingerprint density at radius 3 is 2.64 bits per heavy atom. The van der Waals surface area contributed by atoms with Crippen LogP contribution in [0.1, 0.15) is 38.2 Å². The van der Waals surface area contributed by atoms with Gasteiger partial charge in [0.05, 0.1) is 0 Å². The molecule has 0 aliphatic heterocycles. The van der Waals surface area contributed by atoms with Crippen LogP contribution < -0.4 is 0 Å². The highest BCUT2D eigenvalue weighted by Gasteiger charge is 2.18. The van der Waals surface area contributed by atoms with Crippen molar-refractivity contribution in [2.45, 2.75) is 39.0 Å². The molecule has 0 heteroatoms. The van der Waals surface area contributed by atoms with Gasteiger partial charge in [0.15, 0.2) is 0 Å². The maximum atomic E-state index is 2.40. The van der Waals surface area contributed by atoms with Crippen LogP contribution in [-0.2, 0) is 6.42 Å². The first-order chi connectivity index (χ1) is 6.84. The number of benzene rings is 1. The first-order valence-electron chi connectivity index (χ1n) is 5.88. The van der Waals surface area contributed by atoms with Gasteiger partial charge in [0, 0.05) is 0 Å². The summed E-state index contributed by atoms with van der Waals surface area (Å²) in [5.74, 6) is 1.90. The smallest absolute Gasteiger partial charge is 0.0250 e. The third-order valence-corrected chi connectivity index (χ3v) is 3.41. The fraction of sp³-hybridized carbons (Fsp3) is 0.571. The molecule has 0 saturated heterocycles. The molecule has 0 bridgehead atoms. The molecule has 1 aliphatic carbocycles. The Morgan fingerprint density at radius 1 is 1.14 bits per heavy atom. The molecule has 0 unspecified atom stereocenters. The van der Waals surface area contributed by atoms with Crippen molar-refractivity contribution in [2.75, 3.05) is 0 Å². The first-order valence-corrected chi connectivity index (χ1v) is 5.88. The Morgan fingerprint density at radius 2 is 1.93 bits per heavy atom. The van der Waals surface area contributed by atoms with E-state index >= 15 is 0 Å². The van der Waals surface area contributed by atoms with E-state index in [1.165, 1.54) is 37.7 Å². The van der Waals surface area contributed by atoms with E-state index in [0.717, 1.165) is 11.8 Å². The van der Waals surface area contributed by atoms with Crippen molar-refractivity contribution < 1.29 is 0 Å². The summed E-state index contributed by atoms with van der Waals surface area (Å²) in [6.45, 7) is 2.40. The molecule has 0 heterocycles. The van der Waals surface area contributed by atoms with Crippen LogP contribution >= 0.6 is 0 Å². The molecule has 1 aromatic carbocycles. The van der Waals surface area contributed by atoms with E-state index in [-0.39, 0.29) is 0 Å². The van der Waals surface area contributed by atoms with Gasteiger partial charge in [-0.15, -0.1) is 0 Å². The van der Waals surface area contributed by atoms with Crippen molar-refractivity contribution in [3.05, 3.63) is 35.9 Å². The molecule has 14 heavy (non-hydrogen) atoms. The molecule has 0 radical (unpaired) electrons. The van der Waals surface area contributed by atoms with Crippen molar-refractivity contribution in [1.82, 2.24) is 0 Å². The van der Waals surface area contributed by atoms with Crippen LogP contribution in [-0.4, -0.2) is 0 Å². The quantitative estimate of drug-likeness (QED) is 0.656. The van der Waals surface area contributed by atoms with Crippen LogP contribution in [0.4, 0.5) is 0 Å². The highest BCUT2D eigenvalue weighted by Crippen LogP contribution is 2.30. The summed E-state index contributed by atoms with van der Waals surface area (Å²) in [7, 11) is 0. The molecule has 0 aromatic heterocycles.